The molecule has 2 aliphatic heterocycles. The van der Waals surface area contributed by atoms with Gasteiger partial charge in [0.25, 0.3) is 0 Å². The average Bonchev–Trinajstić information content (AvgIpc) is 3.62. The number of anilines is 1. The van der Waals surface area contributed by atoms with Crippen LogP contribution in [-0.4, -0.2) is 41.0 Å². The number of nitrogens with one attached hydrogen (secondary N) is 1. The molecule has 1 saturated heterocycles. The summed E-state index contributed by atoms with van der Waals surface area (Å²) in [7, 11) is 0. The van der Waals surface area contributed by atoms with Gasteiger partial charge in [-0.25, -0.2) is 13.6 Å². The molecule has 1 unspecified atom stereocenters. The summed E-state index contributed by atoms with van der Waals surface area (Å²) in [6, 6.07) is 6.14. The van der Waals surface area contributed by atoms with Gasteiger partial charge in [0, 0.05) is 65.4 Å². The van der Waals surface area contributed by atoms with Gasteiger partial charge in [0.1, 0.15) is 17.5 Å². The van der Waals surface area contributed by atoms with Gasteiger partial charge in [0.2, 0.25) is 0 Å². The first-order valence-electron chi connectivity index (χ1n) is 11.2. The highest BCUT2D eigenvalue weighted by Crippen LogP contribution is 2.51. The smallest absolute Gasteiger partial charge is 0.350 e. The highest BCUT2D eigenvalue weighted by Gasteiger charge is 2.34. The summed E-state index contributed by atoms with van der Waals surface area (Å²) in [4.78, 5) is 20.8. The minimum atomic E-state index is -0.586. The van der Waals surface area contributed by atoms with E-state index in [1.165, 1.54) is 12.1 Å². The summed E-state index contributed by atoms with van der Waals surface area (Å²) < 4.78 is 30.4. The molecule has 3 aromatic rings. The second-order valence-electron chi connectivity index (χ2n) is 8.93. The Morgan fingerprint density at radius 2 is 2.03 bits per heavy atom. The molecule has 0 radical (unpaired) electrons. The van der Waals surface area contributed by atoms with Crippen LogP contribution in [0.15, 0.2) is 34.0 Å². The molecule has 8 heteroatoms. The average molecular weight is 455 g/mol. The van der Waals surface area contributed by atoms with Crippen LogP contribution in [0, 0.1) is 11.6 Å². The fourth-order valence-corrected chi connectivity index (χ4v) is 6.27. The second-order valence-corrected chi connectivity index (χ2v) is 10.0. The number of aromatic nitrogens is 2. The summed E-state index contributed by atoms with van der Waals surface area (Å²) in [5, 5.41) is 4.36. The van der Waals surface area contributed by atoms with E-state index in [0.29, 0.717) is 18.0 Å². The minimum absolute atomic E-state index is 0.215. The number of piperazine rings is 1. The zero-order valence-corrected chi connectivity index (χ0v) is 18.6. The van der Waals surface area contributed by atoms with Gasteiger partial charge in [-0.1, -0.05) is 0 Å². The van der Waals surface area contributed by atoms with Crippen molar-refractivity contribution in [1.29, 1.82) is 0 Å². The predicted molar refractivity (Wildman–Crippen MR) is 124 cm³/mol. The molecule has 32 heavy (non-hydrogen) atoms. The van der Waals surface area contributed by atoms with Crippen molar-refractivity contribution in [3.05, 3.63) is 51.9 Å². The number of halogens is 2. The SMILES string of the molecule is CC1CNCCN1c1nc(=O)n2c3c(c(-c4ccc(F)cc4F)c(C4CC4)cc13)SCC2. The molecule has 1 saturated carbocycles. The lowest BCUT2D eigenvalue weighted by atomic mass is 9.93. The maximum absolute atomic E-state index is 15.0. The summed E-state index contributed by atoms with van der Waals surface area (Å²) >= 11 is 1.66. The third-order valence-corrected chi connectivity index (χ3v) is 7.85. The lowest BCUT2D eigenvalue weighted by Gasteiger charge is -2.36. The highest BCUT2D eigenvalue weighted by atomic mass is 32.2. The van der Waals surface area contributed by atoms with Gasteiger partial charge in [-0.05, 0) is 49.4 Å². The highest BCUT2D eigenvalue weighted by molar-refractivity contribution is 7.99. The molecule has 2 fully saturated rings. The molecule has 0 amide bonds. The number of hydrogen-bond acceptors (Lipinski definition) is 5. The summed E-state index contributed by atoms with van der Waals surface area (Å²) in [5.74, 6) is 0.653. The summed E-state index contributed by atoms with van der Waals surface area (Å²) in [6.07, 6.45) is 2.11. The zero-order chi connectivity index (χ0) is 22.0. The predicted octanol–water partition coefficient (Wildman–Crippen LogP) is 4.12. The van der Waals surface area contributed by atoms with Crippen LogP contribution >= 0.6 is 11.8 Å². The van der Waals surface area contributed by atoms with E-state index in [0.717, 1.165) is 77.0 Å². The molecule has 1 N–H and O–H groups in total. The van der Waals surface area contributed by atoms with Crippen molar-refractivity contribution >= 4 is 28.5 Å². The molecule has 1 atom stereocenters. The van der Waals surface area contributed by atoms with Crippen LogP contribution in [0.2, 0.25) is 0 Å². The van der Waals surface area contributed by atoms with Gasteiger partial charge in [0.05, 0.1) is 5.52 Å². The Labute approximate surface area is 188 Å². The number of nitrogens with zero attached hydrogens (tertiary/aromatic N) is 3. The quantitative estimate of drug-likeness (QED) is 0.645. The molecule has 166 valence electrons. The van der Waals surface area contributed by atoms with Crippen LogP contribution in [0.4, 0.5) is 14.6 Å². The standard InChI is InChI=1S/C24H24F2N4OS/c1-13-12-27-6-7-29(13)23-18-11-17(14-2-3-14)20(16-5-4-15(25)10-19(16)26)22-21(18)30(8-9-32-22)24(31)28-23/h4-5,10-11,13-14,27H,2-3,6-9,12H2,1H3. The Balaban J connectivity index is 1.70. The molecule has 3 aliphatic rings. The van der Waals surface area contributed by atoms with Crippen LogP contribution in [-0.2, 0) is 6.54 Å². The summed E-state index contributed by atoms with van der Waals surface area (Å²) in [6.45, 7) is 5.17. The maximum atomic E-state index is 15.0. The van der Waals surface area contributed by atoms with Crippen LogP contribution in [0.5, 0.6) is 0 Å². The number of hydrogen-bond donors (Lipinski definition) is 1. The Kier molecular flexibility index (Phi) is 4.76. The van der Waals surface area contributed by atoms with Crippen molar-refractivity contribution in [1.82, 2.24) is 14.9 Å². The fraction of sp³-hybridized carbons (Fsp3) is 0.417. The number of benzene rings is 2. The molecule has 1 aliphatic carbocycles. The minimum Gasteiger partial charge on any atom is -0.351 e. The topological polar surface area (TPSA) is 50.2 Å². The Morgan fingerprint density at radius 1 is 1.19 bits per heavy atom. The molecule has 0 spiro atoms. The van der Waals surface area contributed by atoms with Gasteiger partial charge in [0.15, 0.2) is 0 Å². The van der Waals surface area contributed by atoms with E-state index in [1.54, 1.807) is 16.3 Å². The molecule has 0 bridgehead atoms. The first-order valence-corrected chi connectivity index (χ1v) is 12.2. The first kappa shape index (κ1) is 20.2. The van der Waals surface area contributed by atoms with Crippen LogP contribution in [0.1, 0.15) is 31.2 Å². The van der Waals surface area contributed by atoms with Crippen molar-refractivity contribution < 1.29 is 8.78 Å². The van der Waals surface area contributed by atoms with Gasteiger partial charge < -0.3 is 10.2 Å². The lowest BCUT2D eigenvalue weighted by molar-refractivity contribution is 0.497. The van der Waals surface area contributed by atoms with E-state index in [4.69, 9.17) is 0 Å². The van der Waals surface area contributed by atoms with Crippen molar-refractivity contribution in [3.8, 4) is 11.1 Å². The third kappa shape index (κ3) is 3.15. The van der Waals surface area contributed by atoms with Crippen molar-refractivity contribution in [3.63, 3.8) is 0 Å². The lowest BCUT2D eigenvalue weighted by Crippen LogP contribution is -2.51. The Morgan fingerprint density at radius 3 is 2.78 bits per heavy atom. The molecule has 5 nitrogen and oxygen atoms in total. The summed E-state index contributed by atoms with van der Waals surface area (Å²) in [5.41, 5.74) is 2.89. The van der Waals surface area contributed by atoms with E-state index in [-0.39, 0.29) is 11.7 Å². The van der Waals surface area contributed by atoms with Crippen LogP contribution < -0.4 is 15.9 Å². The van der Waals surface area contributed by atoms with Crippen LogP contribution in [0.25, 0.3) is 22.0 Å². The molecule has 6 rings (SSSR count). The number of aryl methyl sites for hydroxylation is 1. The Hall–Kier alpha value is -2.45. The van der Waals surface area contributed by atoms with E-state index >= 15 is 0 Å². The zero-order valence-electron chi connectivity index (χ0n) is 17.8. The van der Waals surface area contributed by atoms with E-state index < -0.39 is 11.6 Å². The van der Waals surface area contributed by atoms with Gasteiger partial charge >= 0.3 is 5.69 Å². The molecule has 2 aromatic carbocycles. The van der Waals surface area contributed by atoms with Crippen molar-refractivity contribution in [2.75, 3.05) is 30.3 Å². The molecule has 1 aromatic heterocycles. The number of rotatable bonds is 3. The fourth-order valence-electron chi connectivity index (χ4n) is 5.06. The van der Waals surface area contributed by atoms with Crippen molar-refractivity contribution in [2.24, 2.45) is 0 Å². The molecule has 3 heterocycles. The number of thioether (sulfide) groups is 1. The molecular weight excluding hydrogens is 430 g/mol. The van der Waals surface area contributed by atoms with Gasteiger partial charge in [-0.3, -0.25) is 4.57 Å². The van der Waals surface area contributed by atoms with E-state index in [2.05, 4.69) is 28.2 Å². The van der Waals surface area contributed by atoms with Gasteiger partial charge in [-0.15, -0.1) is 11.8 Å². The first-order chi connectivity index (χ1) is 15.5. The largest absolute Gasteiger partial charge is 0.351 e. The van der Waals surface area contributed by atoms with Crippen molar-refractivity contribution in [2.45, 2.75) is 43.2 Å². The monoisotopic (exact) mass is 454 g/mol. The molecular formula is C24H24F2N4OS. The Bertz CT molecular complexity index is 1300. The normalized spacial score (nSPS) is 20.7. The van der Waals surface area contributed by atoms with E-state index in [1.807, 2.05) is 0 Å². The van der Waals surface area contributed by atoms with E-state index in [9.17, 15) is 13.6 Å². The maximum Gasteiger partial charge on any atom is 0.350 e. The third-order valence-electron chi connectivity index (χ3n) is 6.78. The second kappa shape index (κ2) is 7.56. The van der Waals surface area contributed by atoms with Crippen LogP contribution in [0.3, 0.4) is 0 Å². The van der Waals surface area contributed by atoms with Gasteiger partial charge in [-0.2, -0.15) is 4.98 Å².